The van der Waals surface area contributed by atoms with Gasteiger partial charge in [0.15, 0.2) is 0 Å². The smallest absolute Gasteiger partial charge is 0.407 e. The van der Waals surface area contributed by atoms with Crippen molar-refractivity contribution in [1.82, 2.24) is 5.32 Å². The summed E-state index contributed by atoms with van der Waals surface area (Å²) in [6.45, 7) is 9.45. The fraction of sp³-hybridized carbons (Fsp3) is 0.348. The molecule has 1 N–H and O–H groups in total. The first-order valence-electron chi connectivity index (χ1n) is 9.11. The van der Waals surface area contributed by atoms with Gasteiger partial charge in [0.25, 0.3) is 0 Å². The Morgan fingerprint density at radius 3 is 1.96 bits per heavy atom. The van der Waals surface area contributed by atoms with Gasteiger partial charge in [-0.25, -0.2) is 4.79 Å². The van der Waals surface area contributed by atoms with Crippen molar-refractivity contribution < 1.29 is 9.53 Å². The van der Waals surface area contributed by atoms with Crippen LogP contribution in [0.2, 0.25) is 0 Å². The van der Waals surface area contributed by atoms with E-state index in [1.54, 1.807) is 0 Å². The van der Waals surface area contributed by atoms with Gasteiger partial charge in [0.1, 0.15) is 5.60 Å². The van der Waals surface area contributed by atoms with E-state index in [9.17, 15) is 4.79 Å². The molecule has 2 aromatic rings. The van der Waals surface area contributed by atoms with Crippen LogP contribution in [0.5, 0.6) is 0 Å². The van der Waals surface area contributed by atoms with Crippen LogP contribution < -0.4 is 5.32 Å². The largest absolute Gasteiger partial charge is 0.444 e. The van der Waals surface area contributed by atoms with Gasteiger partial charge in [0, 0.05) is 12.0 Å². The molecule has 0 aliphatic heterocycles. The van der Waals surface area contributed by atoms with E-state index in [0.29, 0.717) is 0 Å². The highest BCUT2D eigenvalue weighted by Crippen LogP contribution is 2.30. The molecule has 1 amide bonds. The van der Waals surface area contributed by atoms with Crippen molar-refractivity contribution in [3.8, 4) is 0 Å². The van der Waals surface area contributed by atoms with Crippen molar-refractivity contribution in [3.63, 3.8) is 0 Å². The molecule has 0 radical (unpaired) electrons. The van der Waals surface area contributed by atoms with E-state index >= 15 is 0 Å². The summed E-state index contributed by atoms with van der Waals surface area (Å²) in [6.07, 6.45) is 3.11. The highest BCUT2D eigenvalue weighted by Gasteiger charge is 2.27. The van der Waals surface area contributed by atoms with Gasteiger partial charge in [-0.1, -0.05) is 66.7 Å². The van der Waals surface area contributed by atoms with Gasteiger partial charge in [0.05, 0.1) is 0 Å². The van der Waals surface area contributed by atoms with Gasteiger partial charge in [-0.15, -0.1) is 6.58 Å². The van der Waals surface area contributed by atoms with Gasteiger partial charge in [-0.3, -0.25) is 0 Å². The number of carbonyl (C=O) groups is 1. The number of hydrogen-bond donors (Lipinski definition) is 1. The number of nitrogens with one attached hydrogen (secondary N) is 1. The van der Waals surface area contributed by atoms with Gasteiger partial charge in [-0.2, -0.15) is 0 Å². The minimum atomic E-state index is -0.526. The molecular weight excluding hydrogens is 322 g/mol. The molecule has 1 unspecified atom stereocenters. The standard InChI is InChI=1S/C23H29NO2/c1-5-6-17-20(24-22(25)26-23(2,3)4)21(18-13-9-7-10-14-18)19-15-11-8-12-16-19/h5,7-16,20-21H,1,6,17H2,2-4H3,(H,24,25). The Bertz CT molecular complexity index is 650. The minimum absolute atomic E-state index is 0.0462. The lowest BCUT2D eigenvalue weighted by Gasteiger charge is -2.30. The summed E-state index contributed by atoms with van der Waals surface area (Å²) in [4.78, 5) is 12.4. The van der Waals surface area contributed by atoms with Crippen LogP contribution in [0.1, 0.15) is 50.7 Å². The van der Waals surface area contributed by atoms with Crippen molar-refractivity contribution in [2.45, 2.75) is 51.2 Å². The maximum atomic E-state index is 12.4. The fourth-order valence-electron chi connectivity index (χ4n) is 3.06. The first kappa shape index (κ1) is 19.8. The van der Waals surface area contributed by atoms with E-state index in [1.165, 1.54) is 11.1 Å². The zero-order valence-corrected chi connectivity index (χ0v) is 15.9. The van der Waals surface area contributed by atoms with E-state index in [4.69, 9.17) is 4.74 Å². The Morgan fingerprint density at radius 1 is 1.04 bits per heavy atom. The third-order valence-corrected chi connectivity index (χ3v) is 4.10. The monoisotopic (exact) mass is 351 g/mol. The molecule has 0 fully saturated rings. The number of allylic oxidation sites excluding steroid dienone is 1. The molecule has 0 heterocycles. The molecule has 26 heavy (non-hydrogen) atoms. The number of alkyl carbamates (subject to hydrolysis) is 1. The lowest BCUT2D eigenvalue weighted by molar-refractivity contribution is 0.0497. The van der Waals surface area contributed by atoms with E-state index in [0.717, 1.165) is 12.8 Å². The maximum Gasteiger partial charge on any atom is 0.407 e. The molecule has 3 nitrogen and oxygen atoms in total. The molecule has 1 atom stereocenters. The molecule has 2 aromatic carbocycles. The number of amides is 1. The third-order valence-electron chi connectivity index (χ3n) is 4.10. The van der Waals surface area contributed by atoms with Crippen LogP contribution in [-0.2, 0) is 4.74 Å². The molecule has 0 saturated carbocycles. The predicted octanol–water partition coefficient (Wildman–Crippen LogP) is 5.68. The van der Waals surface area contributed by atoms with Crippen LogP contribution in [0.4, 0.5) is 4.79 Å². The Hall–Kier alpha value is -2.55. The summed E-state index contributed by atoms with van der Waals surface area (Å²) in [7, 11) is 0. The Labute approximate surface area is 157 Å². The predicted molar refractivity (Wildman–Crippen MR) is 107 cm³/mol. The van der Waals surface area contributed by atoms with Crippen LogP contribution >= 0.6 is 0 Å². The third kappa shape index (κ3) is 6.07. The minimum Gasteiger partial charge on any atom is -0.444 e. The Kier molecular flexibility index (Phi) is 7.02. The molecule has 0 aliphatic carbocycles. The summed E-state index contributed by atoms with van der Waals surface area (Å²) in [5, 5.41) is 3.10. The molecule has 0 aromatic heterocycles. The summed E-state index contributed by atoms with van der Waals surface area (Å²) < 4.78 is 5.49. The van der Waals surface area contributed by atoms with Crippen molar-refractivity contribution in [3.05, 3.63) is 84.4 Å². The molecule has 0 aliphatic rings. The second-order valence-corrected chi connectivity index (χ2v) is 7.42. The zero-order valence-electron chi connectivity index (χ0n) is 15.9. The highest BCUT2D eigenvalue weighted by molar-refractivity contribution is 5.68. The summed E-state index contributed by atoms with van der Waals surface area (Å²) >= 11 is 0. The van der Waals surface area contributed by atoms with Gasteiger partial charge in [-0.05, 0) is 44.7 Å². The summed E-state index contributed by atoms with van der Waals surface area (Å²) in [6, 6.07) is 20.5. The molecule has 0 spiro atoms. The topological polar surface area (TPSA) is 38.3 Å². The fourth-order valence-corrected chi connectivity index (χ4v) is 3.06. The maximum absolute atomic E-state index is 12.4. The first-order chi connectivity index (χ1) is 12.4. The number of carbonyl (C=O) groups excluding carboxylic acids is 1. The van der Waals surface area contributed by atoms with Crippen molar-refractivity contribution in [2.75, 3.05) is 0 Å². The van der Waals surface area contributed by atoms with E-state index in [2.05, 4.69) is 36.2 Å². The van der Waals surface area contributed by atoms with E-state index in [1.807, 2.05) is 63.2 Å². The van der Waals surface area contributed by atoms with E-state index in [-0.39, 0.29) is 18.1 Å². The highest BCUT2D eigenvalue weighted by atomic mass is 16.6. The SMILES string of the molecule is C=CCCC(NC(=O)OC(C)(C)C)C(c1ccccc1)c1ccccc1. The lowest BCUT2D eigenvalue weighted by Crippen LogP contribution is -2.42. The molecule has 3 heteroatoms. The Balaban J connectivity index is 2.35. The molecule has 138 valence electrons. The lowest BCUT2D eigenvalue weighted by atomic mass is 9.83. The molecule has 2 rings (SSSR count). The van der Waals surface area contributed by atoms with Crippen LogP contribution in [0.3, 0.4) is 0 Å². The molecule has 0 saturated heterocycles. The quantitative estimate of drug-likeness (QED) is 0.652. The molecular formula is C23H29NO2. The zero-order chi connectivity index (χ0) is 19.0. The van der Waals surface area contributed by atoms with Crippen LogP contribution in [0.25, 0.3) is 0 Å². The average Bonchev–Trinajstić information content (AvgIpc) is 2.60. The van der Waals surface area contributed by atoms with Gasteiger partial charge >= 0.3 is 6.09 Å². The number of ether oxygens (including phenoxy) is 1. The van der Waals surface area contributed by atoms with Crippen molar-refractivity contribution in [1.29, 1.82) is 0 Å². The van der Waals surface area contributed by atoms with Crippen LogP contribution in [-0.4, -0.2) is 17.7 Å². The Morgan fingerprint density at radius 2 is 1.54 bits per heavy atom. The van der Waals surface area contributed by atoms with Gasteiger partial charge < -0.3 is 10.1 Å². The molecule has 0 bridgehead atoms. The van der Waals surface area contributed by atoms with E-state index < -0.39 is 5.60 Å². The number of benzene rings is 2. The average molecular weight is 351 g/mol. The first-order valence-corrected chi connectivity index (χ1v) is 9.11. The second kappa shape index (κ2) is 9.23. The summed E-state index contributed by atoms with van der Waals surface area (Å²) in [5.74, 6) is 0.0462. The van der Waals surface area contributed by atoms with Gasteiger partial charge in [0.2, 0.25) is 0 Å². The van der Waals surface area contributed by atoms with Crippen molar-refractivity contribution >= 4 is 6.09 Å². The number of rotatable bonds is 7. The second-order valence-electron chi connectivity index (χ2n) is 7.42. The normalized spacial score (nSPS) is 12.5. The van der Waals surface area contributed by atoms with Crippen LogP contribution in [0, 0.1) is 0 Å². The number of hydrogen-bond acceptors (Lipinski definition) is 2. The summed E-state index contributed by atoms with van der Waals surface area (Å²) in [5.41, 5.74) is 1.81. The van der Waals surface area contributed by atoms with Crippen molar-refractivity contribution in [2.24, 2.45) is 0 Å². The van der Waals surface area contributed by atoms with Crippen LogP contribution in [0.15, 0.2) is 73.3 Å².